The zero-order chi connectivity index (χ0) is 21.5. The molecule has 2 N–H and O–H groups in total. The number of pyridine rings is 1. The summed E-state index contributed by atoms with van der Waals surface area (Å²) in [4.78, 5) is 16.5. The number of rotatable bonds is 8. The second-order valence-corrected chi connectivity index (χ2v) is 7.75. The van der Waals surface area contributed by atoms with Crippen LogP contribution in [0.4, 0.5) is 0 Å². The Hall–Kier alpha value is -3.10. The fourth-order valence-electron chi connectivity index (χ4n) is 3.86. The van der Waals surface area contributed by atoms with Crippen LogP contribution in [-0.4, -0.2) is 55.8 Å². The number of carbonyl (C=O) groups excluding carboxylic acids is 1. The minimum atomic E-state index is -0.415. The highest BCUT2D eigenvalue weighted by Crippen LogP contribution is 2.23. The number of aromatic nitrogens is 4. The average Bonchev–Trinajstić information content (AvgIpc) is 3.29. The first kappa shape index (κ1) is 21.1. The van der Waals surface area contributed by atoms with Crippen LogP contribution in [0.15, 0.2) is 60.9 Å². The van der Waals surface area contributed by atoms with Crippen LogP contribution in [0.2, 0.25) is 0 Å². The van der Waals surface area contributed by atoms with Crippen LogP contribution in [0.25, 0.3) is 11.3 Å². The Kier molecular flexibility index (Phi) is 7.01. The smallest absolute Gasteiger partial charge is 0.226 e. The van der Waals surface area contributed by atoms with Gasteiger partial charge in [0, 0.05) is 24.0 Å². The number of hydrogen-bond donors (Lipinski definition) is 2. The highest BCUT2D eigenvalue weighted by atomic mass is 16.5. The van der Waals surface area contributed by atoms with E-state index in [1.807, 2.05) is 59.4 Å². The summed E-state index contributed by atoms with van der Waals surface area (Å²) >= 11 is 0. The number of amides is 1. The monoisotopic (exact) mass is 421 g/mol. The first-order valence-corrected chi connectivity index (χ1v) is 10.6. The molecule has 8 heteroatoms. The van der Waals surface area contributed by atoms with Crippen LogP contribution in [-0.2, 0) is 22.5 Å². The third kappa shape index (κ3) is 5.74. The normalized spacial score (nSPS) is 21.0. The van der Waals surface area contributed by atoms with E-state index in [0.29, 0.717) is 6.54 Å². The number of aryl methyl sites for hydroxylation is 1. The molecule has 162 valence electrons. The number of ether oxygens (including phenoxy) is 1. The molecule has 31 heavy (non-hydrogen) atoms. The lowest BCUT2D eigenvalue weighted by Gasteiger charge is -2.36. The van der Waals surface area contributed by atoms with E-state index < -0.39 is 6.10 Å². The van der Waals surface area contributed by atoms with Gasteiger partial charge in [-0.05, 0) is 31.4 Å². The summed E-state index contributed by atoms with van der Waals surface area (Å²) in [5, 5.41) is 21.2. The molecular formula is C23H27N5O3. The predicted molar refractivity (Wildman–Crippen MR) is 115 cm³/mol. The zero-order valence-electron chi connectivity index (χ0n) is 17.3. The summed E-state index contributed by atoms with van der Waals surface area (Å²) in [6, 6.07) is 15.2. The molecule has 0 bridgehead atoms. The maximum atomic E-state index is 12.3. The second-order valence-electron chi connectivity index (χ2n) is 7.75. The summed E-state index contributed by atoms with van der Waals surface area (Å²) in [7, 11) is 0. The molecule has 3 atom stereocenters. The van der Waals surface area contributed by atoms with E-state index in [2.05, 4.69) is 20.6 Å². The highest BCUT2D eigenvalue weighted by molar-refractivity contribution is 5.78. The molecule has 3 aromatic rings. The Morgan fingerprint density at radius 1 is 1.16 bits per heavy atom. The number of aliphatic hydroxyl groups excluding tert-OH is 1. The van der Waals surface area contributed by atoms with E-state index in [-0.39, 0.29) is 31.1 Å². The van der Waals surface area contributed by atoms with Crippen molar-refractivity contribution in [1.29, 1.82) is 0 Å². The van der Waals surface area contributed by atoms with Gasteiger partial charge in [-0.25, -0.2) is 0 Å². The van der Waals surface area contributed by atoms with Crippen LogP contribution < -0.4 is 5.32 Å². The van der Waals surface area contributed by atoms with Gasteiger partial charge < -0.3 is 15.2 Å². The molecule has 1 aromatic carbocycles. The minimum absolute atomic E-state index is 0.00506. The van der Waals surface area contributed by atoms with Gasteiger partial charge in [0.1, 0.15) is 11.8 Å². The van der Waals surface area contributed by atoms with E-state index in [0.717, 1.165) is 36.2 Å². The van der Waals surface area contributed by atoms with Gasteiger partial charge in [-0.15, -0.1) is 5.10 Å². The van der Waals surface area contributed by atoms with Gasteiger partial charge in [-0.2, -0.15) is 0 Å². The number of aliphatic hydroxyl groups is 1. The average molecular weight is 422 g/mol. The Morgan fingerprint density at radius 3 is 2.77 bits per heavy atom. The second kappa shape index (κ2) is 10.3. The number of carbonyl (C=O) groups is 1. The molecule has 3 heterocycles. The molecule has 0 saturated carbocycles. The fraction of sp³-hybridized carbons (Fsp3) is 0.391. The molecule has 8 nitrogen and oxygen atoms in total. The van der Waals surface area contributed by atoms with Crippen molar-refractivity contribution in [2.45, 2.75) is 50.5 Å². The van der Waals surface area contributed by atoms with Crippen molar-refractivity contribution >= 4 is 5.91 Å². The van der Waals surface area contributed by atoms with Crippen molar-refractivity contribution in [3.05, 3.63) is 66.6 Å². The largest absolute Gasteiger partial charge is 0.394 e. The molecule has 2 aromatic heterocycles. The van der Waals surface area contributed by atoms with Crippen molar-refractivity contribution in [1.82, 2.24) is 25.3 Å². The van der Waals surface area contributed by atoms with Crippen LogP contribution >= 0.6 is 0 Å². The van der Waals surface area contributed by atoms with Crippen molar-refractivity contribution in [3.63, 3.8) is 0 Å². The minimum Gasteiger partial charge on any atom is -0.394 e. The lowest BCUT2D eigenvalue weighted by molar-refractivity contribution is -0.128. The van der Waals surface area contributed by atoms with Crippen LogP contribution in [0, 0.1) is 0 Å². The van der Waals surface area contributed by atoms with Gasteiger partial charge in [-0.3, -0.25) is 14.5 Å². The fourth-order valence-corrected chi connectivity index (χ4v) is 3.86. The quantitative estimate of drug-likeness (QED) is 0.577. The van der Waals surface area contributed by atoms with Crippen molar-refractivity contribution < 1.29 is 14.6 Å². The Balaban J connectivity index is 1.26. The van der Waals surface area contributed by atoms with E-state index in [9.17, 15) is 9.90 Å². The third-order valence-electron chi connectivity index (χ3n) is 5.50. The van der Waals surface area contributed by atoms with Gasteiger partial charge in [0.2, 0.25) is 5.91 Å². The number of benzene rings is 1. The first-order chi connectivity index (χ1) is 15.2. The van der Waals surface area contributed by atoms with Gasteiger partial charge in [0.05, 0.1) is 31.4 Å². The topological polar surface area (TPSA) is 102 Å². The highest BCUT2D eigenvalue weighted by Gasteiger charge is 2.31. The first-order valence-electron chi connectivity index (χ1n) is 10.6. The molecule has 1 amide bonds. The standard InChI is InChI=1S/C23H27N5O3/c29-16-22-20(25-23(30)14-18-8-4-5-12-24-18)10-9-19(31-22)11-13-28-15-21(26-27-28)17-6-2-1-3-7-17/h1-8,12,15,19-20,22,29H,9-11,13-14,16H2,(H,25,30)/t19-,20-,22-/m1/s1. The number of nitrogens with one attached hydrogen (secondary N) is 1. The van der Waals surface area contributed by atoms with Crippen molar-refractivity contribution in [2.75, 3.05) is 6.61 Å². The predicted octanol–water partition coefficient (Wildman–Crippen LogP) is 2.00. The maximum Gasteiger partial charge on any atom is 0.226 e. The summed E-state index contributed by atoms with van der Waals surface area (Å²) in [6.07, 6.45) is 5.75. The lowest BCUT2D eigenvalue weighted by Crippen LogP contribution is -2.51. The van der Waals surface area contributed by atoms with E-state index >= 15 is 0 Å². The Morgan fingerprint density at radius 2 is 2.00 bits per heavy atom. The van der Waals surface area contributed by atoms with Crippen LogP contribution in [0.1, 0.15) is 25.0 Å². The molecule has 1 saturated heterocycles. The van der Waals surface area contributed by atoms with Gasteiger partial charge in [0.25, 0.3) is 0 Å². The SMILES string of the molecule is O=C(Cc1ccccn1)N[C@@H]1CC[C@H](CCn2cc(-c3ccccc3)nn2)O[C@@H]1CO. The van der Waals surface area contributed by atoms with Crippen LogP contribution in [0.3, 0.4) is 0 Å². The number of nitrogens with zero attached hydrogens (tertiary/aromatic N) is 4. The molecule has 0 radical (unpaired) electrons. The van der Waals surface area contributed by atoms with Crippen molar-refractivity contribution in [2.24, 2.45) is 0 Å². The molecule has 1 aliphatic rings. The van der Waals surface area contributed by atoms with Crippen LogP contribution in [0.5, 0.6) is 0 Å². The summed E-state index contributed by atoms with van der Waals surface area (Å²) < 4.78 is 7.89. The summed E-state index contributed by atoms with van der Waals surface area (Å²) in [5.41, 5.74) is 2.60. The third-order valence-corrected chi connectivity index (χ3v) is 5.50. The lowest BCUT2D eigenvalue weighted by atomic mass is 9.97. The van der Waals surface area contributed by atoms with Gasteiger partial charge >= 0.3 is 0 Å². The van der Waals surface area contributed by atoms with E-state index in [4.69, 9.17) is 4.74 Å². The molecule has 0 unspecified atom stereocenters. The van der Waals surface area contributed by atoms with E-state index in [1.165, 1.54) is 0 Å². The van der Waals surface area contributed by atoms with E-state index in [1.54, 1.807) is 6.20 Å². The Labute approximate surface area is 181 Å². The Bertz CT molecular complexity index is 964. The van der Waals surface area contributed by atoms with Crippen molar-refractivity contribution in [3.8, 4) is 11.3 Å². The molecule has 4 rings (SSSR count). The van der Waals surface area contributed by atoms with Gasteiger partial charge in [-0.1, -0.05) is 41.6 Å². The molecule has 0 aliphatic carbocycles. The summed E-state index contributed by atoms with van der Waals surface area (Å²) in [6.45, 7) is 0.547. The molecule has 1 aliphatic heterocycles. The maximum absolute atomic E-state index is 12.3. The molecule has 0 spiro atoms. The number of hydrogen-bond acceptors (Lipinski definition) is 6. The molecular weight excluding hydrogens is 394 g/mol. The zero-order valence-corrected chi connectivity index (χ0v) is 17.3. The van der Waals surface area contributed by atoms with Gasteiger partial charge in [0.15, 0.2) is 0 Å². The molecule has 1 fully saturated rings. The summed E-state index contributed by atoms with van der Waals surface area (Å²) in [5.74, 6) is -0.111.